The number of alkyl halides is 2. The van der Waals surface area contributed by atoms with E-state index in [2.05, 4.69) is 0 Å². The molecule has 7 nitrogen and oxygen atoms in total. The van der Waals surface area contributed by atoms with Gasteiger partial charge in [0.2, 0.25) is 5.78 Å². The topological polar surface area (TPSA) is 99.1 Å². The summed E-state index contributed by atoms with van der Waals surface area (Å²) in [5.74, 6) is -4.23. The molecule has 9 atom stereocenters. The lowest BCUT2D eigenvalue weighted by molar-refractivity contribution is -0.249. The van der Waals surface area contributed by atoms with E-state index in [0.717, 1.165) is 6.08 Å². The van der Waals surface area contributed by atoms with Crippen LogP contribution in [-0.2, 0) is 28.6 Å². The van der Waals surface area contributed by atoms with Gasteiger partial charge in [0.05, 0.1) is 12.2 Å². The summed E-state index contributed by atoms with van der Waals surface area (Å²) >= 11 is 0. The van der Waals surface area contributed by atoms with Crippen LogP contribution in [0.1, 0.15) is 53.9 Å². The summed E-state index contributed by atoms with van der Waals surface area (Å²) in [4.78, 5) is 37.1. The van der Waals surface area contributed by atoms with E-state index < -0.39 is 82.2 Å². The third-order valence-electron chi connectivity index (χ3n) is 9.44. The zero-order valence-corrected chi connectivity index (χ0v) is 20.6. The van der Waals surface area contributed by atoms with Crippen LogP contribution in [0.3, 0.4) is 0 Å². The Balaban J connectivity index is 1.62. The quantitative estimate of drug-likeness (QED) is 0.603. The van der Waals surface area contributed by atoms with Crippen molar-refractivity contribution in [3.8, 4) is 0 Å². The molecule has 5 aliphatic rings. The molecule has 9 heteroatoms. The molecule has 35 heavy (non-hydrogen) atoms. The van der Waals surface area contributed by atoms with Crippen LogP contribution < -0.4 is 0 Å². The first-order valence-electron chi connectivity index (χ1n) is 12.1. The first-order chi connectivity index (χ1) is 16.1. The average Bonchev–Trinajstić information content (AvgIpc) is 3.16. The fraction of sp³-hybridized carbons (Fsp3) is 0.731. The number of Topliss-reactive ketones (excluding diaryl/α,β-unsaturated/α-hetero) is 1. The number of carbonyl (C=O) groups is 3. The lowest BCUT2D eigenvalue weighted by atomic mass is 9.44. The van der Waals surface area contributed by atoms with Crippen LogP contribution in [0.4, 0.5) is 8.78 Å². The molecule has 3 saturated carbocycles. The number of halogens is 2. The van der Waals surface area contributed by atoms with Crippen molar-refractivity contribution in [3.05, 3.63) is 23.8 Å². The van der Waals surface area contributed by atoms with E-state index in [1.54, 1.807) is 20.8 Å². The van der Waals surface area contributed by atoms with E-state index in [4.69, 9.17) is 14.2 Å². The van der Waals surface area contributed by atoms with E-state index in [-0.39, 0.29) is 24.8 Å². The summed E-state index contributed by atoms with van der Waals surface area (Å²) < 4.78 is 50.3. The fourth-order valence-corrected chi connectivity index (χ4v) is 8.08. The van der Waals surface area contributed by atoms with Gasteiger partial charge in [-0.2, -0.15) is 0 Å². The molecule has 1 aliphatic heterocycles. The number of carbonyl (C=O) groups excluding carboxylic acids is 3. The minimum atomic E-state index is -2.27. The normalized spacial score (nSPS) is 49.4. The Morgan fingerprint density at radius 2 is 1.89 bits per heavy atom. The van der Waals surface area contributed by atoms with Crippen LogP contribution >= 0.6 is 0 Å². The third-order valence-corrected chi connectivity index (χ3v) is 9.44. The Hall–Kier alpha value is -1.97. The third kappa shape index (κ3) is 2.95. The van der Waals surface area contributed by atoms with Crippen molar-refractivity contribution in [2.75, 3.05) is 6.61 Å². The summed E-state index contributed by atoms with van der Waals surface area (Å²) in [5, 5.41) is 11.5. The molecule has 0 amide bonds. The van der Waals surface area contributed by atoms with Crippen LogP contribution in [0.25, 0.3) is 0 Å². The first kappa shape index (κ1) is 24.7. The van der Waals surface area contributed by atoms with Gasteiger partial charge in [-0.1, -0.05) is 13.0 Å². The molecule has 1 heterocycles. The average molecular weight is 495 g/mol. The minimum Gasteiger partial charge on any atom is -0.458 e. The van der Waals surface area contributed by atoms with Crippen molar-refractivity contribution in [2.24, 2.45) is 22.7 Å². The minimum absolute atomic E-state index is 0.0406. The maximum atomic E-state index is 17.3. The number of hydrogen-bond acceptors (Lipinski definition) is 7. The van der Waals surface area contributed by atoms with Gasteiger partial charge < -0.3 is 19.3 Å². The largest absolute Gasteiger partial charge is 0.458 e. The van der Waals surface area contributed by atoms with Gasteiger partial charge in [0.1, 0.15) is 6.17 Å². The van der Waals surface area contributed by atoms with Gasteiger partial charge in [0.25, 0.3) is 0 Å². The number of allylic oxidation sites excluding steroid dienone is 4. The molecule has 1 N–H and O–H groups in total. The van der Waals surface area contributed by atoms with E-state index >= 15 is 8.78 Å². The highest BCUT2D eigenvalue weighted by Gasteiger charge is 2.80. The lowest BCUT2D eigenvalue weighted by Crippen LogP contribution is -2.71. The molecule has 192 valence electrons. The SMILES string of the molecule is CC(=O)OCC(=O)[C@@]12OC(C)(C)O[C@@H]1CC1C3C[C@H](F)C4=CC(=O)C=CC4(C)[C@@]3(F)C(O)CC12C. The van der Waals surface area contributed by atoms with Crippen molar-refractivity contribution < 1.29 is 42.5 Å². The highest BCUT2D eigenvalue weighted by Crippen LogP contribution is 2.72. The number of aliphatic hydroxyl groups excluding tert-OH is 1. The van der Waals surface area contributed by atoms with Gasteiger partial charge in [-0.05, 0) is 63.7 Å². The van der Waals surface area contributed by atoms with Crippen molar-refractivity contribution >= 4 is 17.5 Å². The molecule has 0 spiro atoms. The number of hydrogen-bond donors (Lipinski definition) is 1. The van der Waals surface area contributed by atoms with Gasteiger partial charge in [-0.25, -0.2) is 8.78 Å². The predicted molar refractivity (Wildman–Crippen MR) is 118 cm³/mol. The lowest BCUT2D eigenvalue weighted by Gasteiger charge is -2.63. The number of fused-ring (bicyclic) bond motifs is 7. The van der Waals surface area contributed by atoms with E-state index in [0.29, 0.717) is 0 Å². The van der Waals surface area contributed by atoms with Gasteiger partial charge in [-0.3, -0.25) is 14.4 Å². The number of ketones is 2. The Morgan fingerprint density at radius 1 is 1.20 bits per heavy atom. The Kier molecular flexibility index (Phi) is 5.15. The predicted octanol–water partition coefficient (Wildman–Crippen LogP) is 2.94. The second-order valence-electron chi connectivity index (χ2n) is 11.6. The smallest absolute Gasteiger partial charge is 0.303 e. The maximum absolute atomic E-state index is 17.3. The summed E-state index contributed by atoms with van der Waals surface area (Å²) in [6, 6.07) is 0. The van der Waals surface area contributed by atoms with Crippen LogP contribution in [0.5, 0.6) is 0 Å². The van der Waals surface area contributed by atoms with Crippen LogP contribution in [-0.4, -0.2) is 64.7 Å². The molecule has 0 aromatic rings. The number of esters is 1. The molecule has 0 aromatic heterocycles. The van der Waals surface area contributed by atoms with Crippen molar-refractivity contribution in [1.82, 2.24) is 0 Å². The monoisotopic (exact) mass is 494 g/mol. The number of rotatable bonds is 3. The van der Waals surface area contributed by atoms with E-state index in [9.17, 15) is 19.5 Å². The Bertz CT molecular complexity index is 1070. The summed E-state index contributed by atoms with van der Waals surface area (Å²) in [7, 11) is 0. The zero-order chi connectivity index (χ0) is 25.8. The van der Waals surface area contributed by atoms with Crippen molar-refractivity contribution in [3.63, 3.8) is 0 Å². The van der Waals surface area contributed by atoms with Crippen molar-refractivity contribution in [1.29, 1.82) is 0 Å². The van der Waals surface area contributed by atoms with E-state index in [1.807, 2.05) is 0 Å². The molecule has 0 radical (unpaired) electrons. The highest BCUT2D eigenvalue weighted by molar-refractivity contribution is 6.01. The van der Waals surface area contributed by atoms with Gasteiger partial charge >= 0.3 is 5.97 Å². The van der Waals surface area contributed by atoms with Crippen molar-refractivity contribution in [2.45, 2.75) is 89.3 Å². The molecule has 4 fully saturated rings. The molecule has 1 saturated heterocycles. The number of aliphatic hydroxyl groups is 1. The van der Waals surface area contributed by atoms with E-state index in [1.165, 1.54) is 26.0 Å². The van der Waals surface area contributed by atoms with Crippen LogP contribution in [0.15, 0.2) is 23.8 Å². The van der Waals surface area contributed by atoms with Crippen LogP contribution in [0.2, 0.25) is 0 Å². The fourth-order valence-electron chi connectivity index (χ4n) is 8.08. The first-order valence-corrected chi connectivity index (χ1v) is 12.1. The molecule has 5 rings (SSSR count). The molecular weight excluding hydrogens is 462 g/mol. The Morgan fingerprint density at radius 3 is 2.54 bits per heavy atom. The zero-order valence-electron chi connectivity index (χ0n) is 20.6. The summed E-state index contributed by atoms with van der Waals surface area (Å²) in [6.45, 7) is 7.28. The van der Waals surface area contributed by atoms with Gasteiger partial charge in [0, 0.05) is 23.7 Å². The molecule has 4 aliphatic carbocycles. The number of ether oxygens (including phenoxy) is 3. The molecular formula is C26H32F2O7. The van der Waals surface area contributed by atoms with Crippen LogP contribution in [0, 0.1) is 22.7 Å². The van der Waals surface area contributed by atoms with Gasteiger partial charge in [-0.15, -0.1) is 0 Å². The summed E-state index contributed by atoms with van der Waals surface area (Å²) in [6.07, 6.45) is -0.345. The highest BCUT2D eigenvalue weighted by atomic mass is 19.1. The maximum Gasteiger partial charge on any atom is 0.303 e. The van der Waals surface area contributed by atoms with Gasteiger partial charge in [0.15, 0.2) is 29.4 Å². The molecule has 0 aromatic carbocycles. The second kappa shape index (κ2) is 7.29. The Labute approximate surface area is 202 Å². The molecule has 0 bridgehead atoms. The second-order valence-corrected chi connectivity index (χ2v) is 11.6. The summed E-state index contributed by atoms with van der Waals surface area (Å²) in [5.41, 5.74) is -6.46. The molecule has 5 unspecified atom stereocenters. The standard InChI is InChI=1S/C26H32F2O7/c1-13(29)33-12-20(32)26-21(34-22(2,3)35-26)10-15-16-9-18(27)17-8-14(30)6-7-23(17,4)25(16,28)19(31)11-24(15,26)5/h6-8,15-16,18-19,21,31H,9-12H2,1-5H3/t15?,16?,18-,19?,21+,23?,24?,25-,26+/m0/s1.